The maximum Gasteiger partial charge on any atom is 0.153 e. The van der Waals surface area contributed by atoms with Crippen molar-refractivity contribution in [1.82, 2.24) is 0 Å². The van der Waals surface area contributed by atoms with Crippen molar-refractivity contribution in [3.05, 3.63) is 59.7 Å². The van der Waals surface area contributed by atoms with Crippen LogP contribution >= 0.6 is 0 Å². The van der Waals surface area contributed by atoms with Gasteiger partial charge in [0, 0.05) is 25.8 Å². The fourth-order valence-corrected chi connectivity index (χ4v) is 2.81. The molecule has 2 aromatic rings. The minimum Gasteiger partial charge on any atom is -0.508 e. The quantitative estimate of drug-likeness (QED) is 0.941. The van der Waals surface area contributed by atoms with Crippen molar-refractivity contribution in [2.45, 2.75) is 18.3 Å². The highest BCUT2D eigenvalue weighted by atomic mass is 16.6. The van der Waals surface area contributed by atoms with Gasteiger partial charge in [-0.15, -0.1) is 0 Å². The summed E-state index contributed by atoms with van der Waals surface area (Å²) in [7, 11) is 3.31. The van der Waals surface area contributed by atoms with Crippen LogP contribution < -0.4 is 4.74 Å². The van der Waals surface area contributed by atoms with E-state index in [-0.39, 0.29) is 24.1 Å². The number of ether oxygens (including phenoxy) is 3. The molecule has 0 aliphatic carbocycles. The SMILES string of the molecule is CO[C@@H]1[C@@H](c2ccccc2)Oc2cc(O)ccc2[C@H]1OC. The molecule has 3 atom stereocenters. The molecular formula is C17H18O4. The minimum atomic E-state index is -0.282. The van der Waals surface area contributed by atoms with E-state index in [0.29, 0.717) is 5.75 Å². The lowest BCUT2D eigenvalue weighted by Gasteiger charge is -2.38. The first-order valence-electron chi connectivity index (χ1n) is 6.84. The van der Waals surface area contributed by atoms with Crippen LogP contribution in [0.4, 0.5) is 0 Å². The number of rotatable bonds is 3. The Bertz CT molecular complexity index is 611. The number of phenolic OH excluding ortho intramolecular Hbond substituents is 1. The number of fused-ring (bicyclic) bond motifs is 1. The van der Waals surface area contributed by atoms with E-state index in [9.17, 15) is 5.11 Å². The van der Waals surface area contributed by atoms with Gasteiger partial charge in [0.15, 0.2) is 6.10 Å². The summed E-state index contributed by atoms with van der Waals surface area (Å²) in [6, 6.07) is 14.9. The van der Waals surface area contributed by atoms with Gasteiger partial charge in [-0.25, -0.2) is 0 Å². The van der Waals surface area contributed by atoms with Gasteiger partial charge in [-0.3, -0.25) is 0 Å². The Hall–Kier alpha value is -2.04. The molecule has 1 aliphatic rings. The Morgan fingerprint density at radius 1 is 1.00 bits per heavy atom. The number of phenols is 1. The molecule has 0 unspecified atom stereocenters. The second-order valence-electron chi connectivity index (χ2n) is 5.03. The van der Waals surface area contributed by atoms with Gasteiger partial charge >= 0.3 is 0 Å². The number of hydrogen-bond acceptors (Lipinski definition) is 4. The van der Waals surface area contributed by atoms with Gasteiger partial charge in [-0.1, -0.05) is 30.3 Å². The smallest absolute Gasteiger partial charge is 0.153 e. The van der Waals surface area contributed by atoms with Crippen molar-refractivity contribution in [3.8, 4) is 11.5 Å². The first-order chi connectivity index (χ1) is 10.2. The van der Waals surface area contributed by atoms with E-state index < -0.39 is 0 Å². The standard InChI is InChI=1S/C17H18O4/c1-19-16-13-9-8-12(18)10-14(13)21-15(17(16)20-2)11-6-4-3-5-7-11/h3-10,15-18H,1-2H3/t15-,16-,17-/m1/s1. The number of methoxy groups -OCH3 is 2. The molecule has 0 radical (unpaired) electrons. The van der Waals surface area contributed by atoms with Crippen LogP contribution in [0.3, 0.4) is 0 Å². The Kier molecular flexibility index (Phi) is 3.82. The Morgan fingerprint density at radius 2 is 1.76 bits per heavy atom. The molecule has 1 heterocycles. The minimum absolute atomic E-state index is 0.172. The highest BCUT2D eigenvalue weighted by Gasteiger charge is 2.39. The van der Waals surface area contributed by atoms with Gasteiger partial charge in [-0.05, 0) is 17.7 Å². The van der Waals surface area contributed by atoms with Crippen molar-refractivity contribution in [3.63, 3.8) is 0 Å². The van der Waals surface area contributed by atoms with Crippen LogP contribution in [-0.2, 0) is 9.47 Å². The second-order valence-corrected chi connectivity index (χ2v) is 5.03. The van der Waals surface area contributed by atoms with E-state index in [1.54, 1.807) is 26.4 Å². The Labute approximate surface area is 123 Å². The van der Waals surface area contributed by atoms with Crippen molar-refractivity contribution < 1.29 is 19.3 Å². The molecule has 0 spiro atoms. The van der Waals surface area contributed by atoms with Crippen LogP contribution in [0, 0.1) is 0 Å². The molecule has 0 amide bonds. The summed E-state index contributed by atoms with van der Waals surface area (Å²) in [5.74, 6) is 0.801. The summed E-state index contributed by atoms with van der Waals surface area (Å²) in [5, 5.41) is 9.68. The molecule has 2 aromatic carbocycles. The van der Waals surface area contributed by atoms with Gasteiger partial charge in [0.05, 0.1) is 0 Å². The van der Waals surface area contributed by atoms with E-state index in [1.807, 2.05) is 36.4 Å². The molecule has 1 N–H and O–H groups in total. The molecule has 3 rings (SSSR count). The predicted octanol–water partition coefficient (Wildman–Crippen LogP) is 3.23. The first kappa shape index (κ1) is 13.9. The topological polar surface area (TPSA) is 47.9 Å². The van der Waals surface area contributed by atoms with Crippen LogP contribution in [0.2, 0.25) is 0 Å². The van der Waals surface area contributed by atoms with Crippen LogP contribution in [0.1, 0.15) is 23.3 Å². The zero-order valence-electron chi connectivity index (χ0n) is 12.0. The fraction of sp³-hybridized carbons (Fsp3) is 0.294. The molecule has 4 heteroatoms. The first-order valence-corrected chi connectivity index (χ1v) is 6.84. The van der Waals surface area contributed by atoms with Gasteiger partial charge in [-0.2, -0.15) is 0 Å². The molecule has 110 valence electrons. The van der Waals surface area contributed by atoms with E-state index in [1.165, 1.54) is 0 Å². The summed E-state index contributed by atoms with van der Waals surface area (Å²) in [6.45, 7) is 0. The summed E-state index contributed by atoms with van der Waals surface area (Å²) in [5.41, 5.74) is 1.90. The summed E-state index contributed by atoms with van der Waals surface area (Å²) in [6.07, 6.45) is -0.783. The zero-order valence-corrected chi connectivity index (χ0v) is 12.0. The summed E-state index contributed by atoms with van der Waals surface area (Å²) < 4.78 is 17.3. The molecule has 0 saturated heterocycles. The second kappa shape index (κ2) is 5.76. The molecule has 1 aliphatic heterocycles. The van der Waals surface area contributed by atoms with Gasteiger partial charge in [0.1, 0.15) is 23.7 Å². The van der Waals surface area contributed by atoms with Crippen molar-refractivity contribution in [1.29, 1.82) is 0 Å². The third-order valence-corrected chi connectivity index (χ3v) is 3.81. The predicted molar refractivity (Wildman–Crippen MR) is 78.5 cm³/mol. The van der Waals surface area contributed by atoms with E-state index in [4.69, 9.17) is 14.2 Å². The van der Waals surface area contributed by atoms with Crippen molar-refractivity contribution >= 4 is 0 Å². The van der Waals surface area contributed by atoms with Crippen molar-refractivity contribution in [2.75, 3.05) is 14.2 Å². The molecule has 0 fully saturated rings. The normalized spacial score (nSPS) is 24.2. The molecule has 4 nitrogen and oxygen atoms in total. The van der Waals surface area contributed by atoms with Gasteiger partial charge < -0.3 is 19.3 Å². The number of hydrogen-bond donors (Lipinski definition) is 1. The lowest BCUT2D eigenvalue weighted by atomic mass is 9.92. The lowest BCUT2D eigenvalue weighted by Crippen LogP contribution is -2.36. The highest BCUT2D eigenvalue weighted by Crippen LogP contribution is 2.44. The van der Waals surface area contributed by atoms with Crippen LogP contribution in [0.5, 0.6) is 11.5 Å². The average molecular weight is 286 g/mol. The maximum absolute atomic E-state index is 9.68. The molecule has 0 bridgehead atoms. The summed E-state index contributed by atoms with van der Waals surface area (Å²) >= 11 is 0. The molecule has 0 aromatic heterocycles. The number of aromatic hydroxyl groups is 1. The Morgan fingerprint density at radius 3 is 2.43 bits per heavy atom. The van der Waals surface area contributed by atoms with Crippen molar-refractivity contribution in [2.24, 2.45) is 0 Å². The summed E-state index contributed by atoms with van der Waals surface area (Å²) in [4.78, 5) is 0. The molecular weight excluding hydrogens is 268 g/mol. The third kappa shape index (κ3) is 2.48. The highest BCUT2D eigenvalue weighted by molar-refractivity contribution is 5.44. The average Bonchev–Trinajstić information content (AvgIpc) is 2.53. The monoisotopic (exact) mass is 286 g/mol. The van der Waals surface area contributed by atoms with Crippen LogP contribution in [0.15, 0.2) is 48.5 Å². The van der Waals surface area contributed by atoms with Crippen LogP contribution in [0.25, 0.3) is 0 Å². The molecule has 21 heavy (non-hydrogen) atoms. The van der Waals surface area contributed by atoms with Gasteiger partial charge in [0.2, 0.25) is 0 Å². The van der Waals surface area contributed by atoms with E-state index >= 15 is 0 Å². The third-order valence-electron chi connectivity index (χ3n) is 3.81. The van der Waals surface area contributed by atoms with Crippen LogP contribution in [-0.4, -0.2) is 25.4 Å². The fourth-order valence-electron chi connectivity index (χ4n) is 2.81. The zero-order chi connectivity index (χ0) is 14.8. The largest absolute Gasteiger partial charge is 0.508 e. The Balaban J connectivity index is 2.06. The van der Waals surface area contributed by atoms with E-state index in [0.717, 1.165) is 11.1 Å². The van der Waals surface area contributed by atoms with Gasteiger partial charge in [0.25, 0.3) is 0 Å². The number of benzene rings is 2. The lowest BCUT2D eigenvalue weighted by molar-refractivity contribution is -0.106. The molecule has 0 saturated carbocycles. The van der Waals surface area contributed by atoms with E-state index in [2.05, 4.69) is 0 Å². The maximum atomic E-state index is 9.68.